The molecule has 2 aromatic carbocycles. The van der Waals surface area contributed by atoms with E-state index in [4.69, 9.17) is 9.47 Å². The minimum absolute atomic E-state index is 0.00914. The first kappa shape index (κ1) is 19.8. The quantitative estimate of drug-likeness (QED) is 0.622. The summed E-state index contributed by atoms with van der Waals surface area (Å²) < 4.78 is 51.4. The molecule has 3 rings (SSSR count). The zero-order chi connectivity index (χ0) is 20.0. The molecule has 0 fully saturated rings. The van der Waals surface area contributed by atoms with E-state index in [9.17, 15) is 12.8 Å². The lowest BCUT2D eigenvalue weighted by molar-refractivity contribution is 0.414. The highest BCUT2D eigenvalue weighted by Crippen LogP contribution is 2.23. The van der Waals surface area contributed by atoms with E-state index in [1.807, 2.05) is 0 Å². The Hall–Kier alpha value is -2.97. The summed E-state index contributed by atoms with van der Waals surface area (Å²) in [6.45, 7) is -0.00914. The van der Waals surface area contributed by atoms with Crippen molar-refractivity contribution < 1.29 is 22.3 Å². The van der Waals surface area contributed by atoms with Crippen LogP contribution in [0.2, 0.25) is 0 Å². The van der Waals surface area contributed by atoms with Gasteiger partial charge < -0.3 is 9.47 Å². The molecule has 0 aliphatic heterocycles. The number of nitrogens with one attached hydrogen (secondary N) is 1. The van der Waals surface area contributed by atoms with E-state index in [0.717, 1.165) is 0 Å². The summed E-state index contributed by atoms with van der Waals surface area (Å²) in [5.41, 5.74) is 1.13. The lowest BCUT2D eigenvalue weighted by Crippen LogP contribution is -2.25. The summed E-state index contributed by atoms with van der Waals surface area (Å²) >= 11 is 0. The van der Waals surface area contributed by atoms with Gasteiger partial charge in [0.15, 0.2) is 0 Å². The van der Waals surface area contributed by atoms with Crippen LogP contribution in [0, 0.1) is 5.82 Å². The van der Waals surface area contributed by atoms with Crippen LogP contribution in [-0.4, -0.2) is 20.5 Å². The first-order valence-electron chi connectivity index (χ1n) is 8.43. The molecule has 1 aromatic heterocycles. The Morgan fingerprint density at radius 3 is 2.61 bits per heavy atom. The molecular weight excluding hydrogens is 383 g/mol. The van der Waals surface area contributed by atoms with Gasteiger partial charge in [0.1, 0.15) is 17.3 Å². The second-order valence-corrected chi connectivity index (χ2v) is 7.77. The smallest absolute Gasteiger partial charge is 0.223 e. The van der Waals surface area contributed by atoms with Crippen molar-refractivity contribution >= 4 is 10.0 Å². The van der Waals surface area contributed by atoms with Crippen molar-refractivity contribution in [2.45, 2.75) is 12.3 Å². The van der Waals surface area contributed by atoms with Gasteiger partial charge in [-0.1, -0.05) is 24.3 Å². The number of sulfonamides is 1. The summed E-state index contributed by atoms with van der Waals surface area (Å²) in [6, 6.07) is 15.9. The third kappa shape index (κ3) is 5.51. The lowest BCUT2D eigenvalue weighted by atomic mass is 10.2. The van der Waals surface area contributed by atoms with Crippen LogP contribution in [0.15, 0.2) is 66.9 Å². The molecule has 0 saturated heterocycles. The first-order valence-corrected chi connectivity index (χ1v) is 10.1. The normalized spacial score (nSPS) is 11.2. The predicted octanol–water partition coefficient (Wildman–Crippen LogP) is 3.64. The molecule has 8 heteroatoms. The van der Waals surface area contributed by atoms with Crippen LogP contribution >= 0.6 is 0 Å². The van der Waals surface area contributed by atoms with E-state index in [0.29, 0.717) is 16.9 Å². The van der Waals surface area contributed by atoms with E-state index in [2.05, 4.69) is 9.71 Å². The summed E-state index contributed by atoms with van der Waals surface area (Å²) in [7, 11) is -2.08. The SMILES string of the molecule is COc1cccc(CS(=O)(=O)NCc2cccnc2Oc2cccc(F)c2)c1. The average Bonchev–Trinajstić information content (AvgIpc) is 2.67. The summed E-state index contributed by atoms with van der Waals surface area (Å²) in [5, 5.41) is 0. The third-order valence-electron chi connectivity index (χ3n) is 3.83. The van der Waals surface area contributed by atoms with Crippen LogP contribution in [0.5, 0.6) is 17.4 Å². The maximum Gasteiger partial charge on any atom is 0.223 e. The number of nitrogens with zero attached hydrogens (tertiary/aromatic N) is 1. The first-order chi connectivity index (χ1) is 13.4. The molecule has 0 amide bonds. The number of aromatic nitrogens is 1. The Labute approximate surface area is 163 Å². The molecule has 0 bridgehead atoms. The van der Waals surface area contributed by atoms with Gasteiger partial charge in [-0.3, -0.25) is 0 Å². The maximum atomic E-state index is 13.3. The summed E-state index contributed by atoms with van der Waals surface area (Å²) in [6.07, 6.45) is 1.52. The lowest BCUT2D eigenvalue weighted by Gasteiger charge is -2.11. The zero-order valence-corrected chi connectivity index (χ0v) is 15.9. The van der Waals surface area contributed by atoms with Crippen molar-refractivity contribution in [3.8, 4) is 17.4 Å². The molecule has 1 heterocycles. The van der Waals surface area contributed by atoms with Gasteiger partial charge >= 0.3 is 0 Å². The van der Waals surface area contributed by atoms with E-state index < -0.39 is 15.8 Å². The Balaban J connectivity index is 1.70. The minimum Gasteiger partial charge on any atom is -0.497 e. The molecule has 146 valence electrons. The topological polar surface area (TPSA) is 77.5 Å². The molecule has 1 N–H and O–H groups in total. The van der Waals surface area contributed by atoms with Gasteiger partial charge in [0, 0.05) is 24.4 Å². The Bertz CT molecular complexity index is 1060. The van der Waals surface area contributed by atoms with Gasteiger partial charge in [-0.25, -0.2) is 22.5 Å². The highest BCUT2D eigenvalue weighted by atomic mass is 32.2. The highest BCUT2D eigenvalue weighted by molar-refractivity contribution is 7.88. The second kappa shape index (κ2) is 8.81. The monoisotopic (exact) mass is 402 g/mol. The molecule has 0 atom stereocenters. The van der Waals surface area contributed by atoms with E-state index in [-0.39, 0.29) is 23.9 Å². The summed E-state index contributed by atoms with van der Waals surface area (Å²) in [4.78, 5) is 4.11. The van der Waals surface area contributed by atoms with Crippen LogP contribution in [0.25, 0.3) is 0 Å². The Kier molecular flexibility index (Phi) is 6.23. The van der Waals surface area contributed by atoms with E-state index in [1.165, 1.54) is 31.5 Å². The van der Waals surface area contributed by atoms with Gasteiger partial charge in [-0.15, -0.1) is 0 Å². The number of halogens is 1. The van der Waals surface area contributed by atoms with Crippen molar-refractivity contribution in [3.05, 3.63) is 83.8 Å². The third-order valence-corrected chi connectivity index (χ3v) is 5.13. The number of pyridine rings is 1. The van der Waals surface area contributed by atoms with Crippen molar-refractivity contribution in [3.63, 3.8) is 0 Å². The molecule has 0 aliphatic rings. The van der Waals surface area contributed by atoms with Crippen molar-refractivity contribution in [1.82, 2.24) is 9.71 Å². The van der Waals surface area contributed by atoms with Gasteiger partial charge in [0.05, 0.1) is 12.9 Å². The van der Waals surface area contributed by atoms with E-state index in [1.54, 1.807) is 42.5 Å². The summed E-state index contributed by atoms with van der Waals surface area (Å²) in [5.74, 6) is 0.445. The van der Waals surface area contributed by atoms with Crippen LogP contribution < -0.4 is 14.2 Å². The molecule has 0 radical (unpaired) electrons. The van der Waals surface area contributed by atoms with Crippen molar-refractivity contribution in [1.29, 1.82) is 0 Å². The highest BCUT2D eigenvalue weighted by Gasteiger charge is 2.14. The van der Waals surface area contributed by atoms with Crippen LogP contribution in [0.1, 0.15) is 11.1 Å². The number of benzene rings is 2. The van der Waals surface area contributed by atoms with Crippen molar-refractivity contribution in [2.24, 2.45) is 0 Å². The Morgan fingerprint density at radius 2 is 1.82 bits per heavy atom. The molecule has 0 unspecified atom stereocenters. The molecular formula is C20H19FN2O4S. The fraction of sp³-hybridized carbons (Fsp3) is 0.150. The van der Waals surface area contributed by atoms with Gasteiger partial charge in [0.2, 0.25) is 15.9 Å². The largest absolute Gasteiger partial charge is 0.497 e. The van der Waals surface area contributed by atoms with Gasteiger partial charge in [-0.2, -0.15) is 0 Å². The molecule has 0 spiro atoms. The van der Waals surface area contributed by atoms with Crippen LogP contribution in [0.3, 0.4) is 0 Å². The number of methoxy groups -OCH3 is 1. The fourth-order valence-corrected chi connectivity index (χ4v) is 3.61. The number of rotatable bonds is 8. The zero-order valence-electron chi connectivity index (χ0n) is 15.1. The number of hydrogen-bond donors (Lipinski definition) is 1. The molecule has 0 aliphatic carbocycles. The molecule has 0 saturated carbocycles. The molecule has 28 heavy (non-hydrogen) atoms. The average molecular weight is 402 g/mol. The maximum absolute atomic E-state index is 13.3. The van der Waals surface area contributed by atoms with Gasteiger partial charge in [-0.05, 0) is 35.9 Å². The molecule has 6 nitrogen and oxygen atoms in total. The Morgan fingerprint density at radius 1 is 1.04 bits per heavy atom. The van der Waals surface area contributed by atoms with Crippen LogP contribution in [0.4, 0.5) is 4.39 Å². The number of hydrogen-bond acceptors (Lipinski definition) is 5. The van der Waals surface area contributed by atoms with E-state index >= 15 is 0 Å². The van der Waals surface area contributed by atoms with Crippen molar-refractivity contribution in [2.75, 3.05) is 7.11 Å². The molecule has 3 aromatic rings. The fourth-order valence-electron chi connectivity index (χ4n) is 2.51. The van der Waals surface area contributed by atoms with Crippen LogP contribution in [-0.2, 0) is 22.3 Å². The van der Waals surface area contributed by atoms with Gasteiger partial charge in [0.25, 0.3) is 0 Å². The predicted molar refractivity (Wildman–Crippen MR) is 103 cm³/mol. The second-order valence-electron chi connectivity index (χ2n) is 5.96. The number of ether oxygens (including phenoxy) is 2. The standard InChI is InChI=1S/C20H19FN2O4S/c1-26-18-8-2-5-15(11-18)14-28(24,25)23-13-16-6-4-10-22-20(16)27-19-9-3-7-17(21)12-19/h2-12,23H,13-14H2,1H3. The minimum atomic E-state index is -3.60.